The van der Waals surface area contributed by atoms with Crippen LogP contribution in [0.3, 0.4) is 0 Å². The lowest BCUT2D eigenvalue weighted by Gasteiger charge is -2.04. The molecule has 0 aliphatic rings. The fourth-order valence-electron chi connectivity index (χ4n) is 1.74. The van der Waals surface area contributed by atoms with Crippen molar-refractivity contribution < 1.29 is 4.74 Å². The van der Waals surface area contributed by atoms with Gasteiger partial charge in [0.2, 0.25) is 0 Å². The molecular formula is C13H19N5O. The van der Waals surface area contributed by atoms with Crippen molar-refractivity contribution in [3.63, 3.8) is 0 Å². The van der Waals surface area contributed by atoms with E-state index in [0.29, 0.717) is 6.61 Å². The third-order valence-electron chi connectivity index (χ3n) is 2.66. The topological polar surface area (TPSA) is 64.9 Å². The van der Waals surface area contributed by atoms with Crippen molar-refractivity contribution in [1.82, 2.24) is 19.7 Å². The first-order chi connectivity index (χ1) is 9.31. The normalized spacial score (nSPS) is 10.6. The first-order valence-corrected chi connectivity index (χ1v) is 6.41. The molecule has 0 spiro atoms. The zero-order valence-electron chi connectivity index (χ0n) is 11.3. The molecule has 0 radical (unpaired) electrons. The Labute approximate surface area is 112 Å². The molecule has 0 saturated carbocycles. The summed E-state index contributed by atoms with van der Waals surface area (Å²) in [6, 6.07) is 1.97. The molecule has 0 unspecified atom stereocenters. The summed E-state index contributed by atoms with van der Waals surface area (Å²) in [6.45, 7) is 3.52. The number of rotatable bonds is 7. The van der Waals surface area contributed by atoms with Crippen LogP contribution in [0, 0.1) is 0 Å². The molecule has 2 heterocycles. The number of aromatic nitrogens is 4. The highest BCUT2D eigenvalue weighted by Gasteiger charge is 2.02. The molecule has 0 atom stereocenters. The highest BCUT2D eigenvalue weighted by molar-refractivity contribution is 5.53. The monoisotopic (exact) mass is 261 g/mol. The van der Waals surface area contributed by atoms with Crippen molar-refractivity contribution in [2.24, 2.45) is 0 Å². The summed E-state index contributed by atoms with van der Waals surface area (Å²) in [4.78, 5) is 8.43. The Bertz CT molecular complexity index is 511. The van der Waals surface area contributed by atoms with Crippen LogP contribution in [0.5, 0.6) is 0 Å². The lowest BCUT2D eigenvalue weighted by atomic mass is 10.2. The van der Waals surface area contributed by atoms with Crippen LogP contribution in [0.4, 0.5) is 11.5 Å². The molecule has 0 fully saturated rings. The van der Waals surface area contributed by atoms with Crippen LogP contribution < -0.4 is 5.32 Å². The van der Waals surface area contributed by atoms with Crippen LogP contribution in [0.1, 0.15) is 19.0 Å². The Morgan fingerprint density at radius 3 is 3.05 bits per heavy atom. The average molecular weight is 261 g/mol. The Balaban J connectivity index is 2.00. The van der Waals surface area contributed by atoms with Crippen molar-refractivity contribution in [3.05, 3.63) is 30.5 Å². The predicted molar refractivity (Wildman–Crippen MR) is 73.4 cm³/mol. The quantitative estimate of drug-likeness (QED) is 0.826. The summed E-state index contributed by atoms with van der Waals surface area (Å²) in [5.74, 6) is 0.796. The van der Waals surface area contributed by atoms with Crippen LogP contribution >= 0.6 is 0 Å². The minimum absolute atomic E-state index is 0.648. The van der Waals surface area contributed by atoms with E-state index in [1.54, 1.807) is 19.6 Å². The third-order valence-corrected chi connectivity index (χ3v) is 2.66. The minimum atomic E-state index is 0.648. The molecule has 1 N–H and O–H groups in total. The smallest absolute Gasteiger partial charge is 0.134 e. The number of methoxy groups -OCH3 is 1. The Kier molecular flexibility index (Phi) is 4.85. The predicted octanol–water partition coefficient (Wildman–Crippen LogP) is 2.02. The maximum atomic E-state index is 5.01. The highest BCUT2D eigenvalue weighted by Crippen LogP contribution is 2.14. The zero-order chi connectivity index (χ0) is 13.5. The first-order valence-electron chi connectivity index (χ1n) is 6.41. The van der Waals surface area contributed by atoms with Crippen LogP contribution in [0.25, 0.3) is 0 Å². The molecule has 0 aromatic carbocycles. The SMILES string of the molecule is CCCc1cc(Nc2cnn(CCOC)c2)ncn1. The molecule has 0 aliphatic carbocycles. The van der Waals surface area contributed by atoms with Gasteiger partial charge in [-0.25, -0.2) is 9.97 Å². The van der Waals surface area contributed by atoms with Crippen molar-refractivity contribution in [2.75, 3.05) is 19.0 Å². The average Bonchev–Trinajstić information content (AvgIpc) is 2.85. The molecule has 0 aliphatic heterocycles. The lowest BCUT2D eigenvalue weighted by Crippen LogP contribution is -2.04. The number of aryl methyl sites for hydroxylation is 1. The van der Waals surface area contributed by atoms with E-state index < -0.39 is 0 Å². The van der Waals surface area contributed by atoms with Gasteiger partial charge in [0.05, 0.1) is 25.0 Å². The molecule has 102 valence electrons. The van der Waals surface area contributed by atoms with Crippen LogP contribution in [0.15, 0.2) is 24.8 Å². The van der Waals surface area contributed by atoms with Gasteiger partial charge < -0.3 is 10.1 Å². The van der Waals surface area contributed by atoms with Gasteiger partial charge in [-0.2, -0.15) is 5.10 Å². The fourth-order valence-corrected chi connectivity index (χ4v) is 1.74. The van der Waals surface area contributed by atoms with Gasteiger partial charge in [-0.05, 0) is 6.42 Å². The van der Waals surface area contributed by atoms with E-state index >= 15 is 0 Å². The van der Waals surface area contributed by atoms with E-state index in [2.05, 4.69) is 27.3 Å². The molecule has 0 amide bonds. The van der Waals surface area contributed by atoms with Crippen molar-refractivity contribution in [2.45, 2.75) is 26.3 Å². The first kappa shape index (κ1) is 13.5. The molecule has 6 nitrogen and oxygen atoms in total. The molecule has 0 bridgehead atoms. The summed E-state index contributed by atoms with van der Waals surface area (Å²) in [5.41, 5.74) is 1.96. The molecule has 2 rings (SSSR count). The number of hydrogen-bond donors (Lipinski definition) is 1. The van der Waals surface area contributed by atoms with Gasteiger partial charge in [-0.15, -0.1) is 0 Å². The van der Waals surface area contributed by atoms with Crippen LogP contribution in [0.2, 0.25) is 0 Å². The minimum Gasteiger partial charge on any atom is -0.383 e. The second kappa shape index (κ2) is 6.84. The number of nitrogens with zero attached hydrogens (tertiary/aromatic N) is 4. The fraction of sp³-hybridized carbons (Fsp3) is 0.462. The third kappa shape index (κ3) is 4.03. The largest absolute Gasteiger partial charge is 0.383 e. The van der Waals surface area contributed by atoms with Crippen LogP contribution in [-0.4, -0.2) is 33.5 Å². The van der Waals surface area contributed by atoms with Gasteiger partial charge in [-0.3, -0.25) is 4.68 Å². The number of nitrogens with one attached hydrogen (secondary N) is 1. The maximum absolute atomic E-state index is 5.01. The Morgan fingerprint density at radius 1 is 1.37 bits per heavy atom. The standard InChI is InChI=1S/C13H19N5O/c1-3-4-11-7-13(15-10-14-11)17-12-8-16-18(9-12)5-6-19-2/h7-10H,3-6H2,1-2H3,(H,14,15,17). The van der Waals surface area contributed by atoms with Gasteiger partial charge in [-0.1, -0.05) is 13.3 Å². The second-order valence-electron chi connectivity index (χ2n) is 4.25. The summed E-state index contributed by atoms with van der Waals surface area (Å²) in [5, 5.41) is 7.46. The molecule has 0 saturated heterocycles. The van der Waals surface area contributed by atoms with Gasteiger partial charge in [0, 0.05) is 25.1 Å². The molecule has 6 heteroatoms. The van der Waals surface area contributed by atoms with Crippen molar-refractivity contribution in [1.29, 1.82) is 0 Å². The Morgan fingerprint density at radius 2 is 2.26 bits per heavy atom. The van der Waals surface area contributed by atoms with Gasteiger partial charge in [0.15, 0.2) is 0 Å². The summed E-state index contributed by atoms with van der Waals surface area (Å²) >= 11 is 0. The van der Waals surface area contributed by atoms with Gasteiger partial charge in [0.1, 0.15) is 12.1 Å². The van der Waals surface area contributed by atoms with E-state index in [-0.39, 0.29) is 0 Å². The molecule has 2 aromatic rings. The van der Waals surface area contributed by atoms with Crippen LogP contribution in [-0.2, 0) is 17.7 Å². The summed E-state index contributed by atoms with van der Waals surface area (Å²) in [6.07, 6.45) is 7.33. The van der Waals surface area contributed by atoms with E-state index in [1.807, 2.05) is 16.9 Å². The van der Waals surface area contributed by atoms with E-state index in [0.717, 1.165) is 36.6 Å². The molecule has 2 aromatic heterocycles. The van der Waals surface area contributed by atoms with E-state index in [1.165, 1.54) is 0 Å². The van der Waals surface area contributed by atoms with E-state index in [4.69, 9.17) is 4.74 Å². The van der Waals surface area contributed by atoms with E-state index in [9.17, 15) is 0 Å². The second-order valence-corrected chi connectivity index (χ2v) is 4.25. The Hall–Kier alpha value is -1.95. The maximum Gasteiger partial charge on any atom is 0.134 e. The lowest BCUT2D eigenvalue weighted by molar-refractivity contribution is 0.183. The number of ether oxygens (including phenoxy) is 1. The van der Waals surface area contributed by atoms with Gasteiger partial charge >= 0.3 is 0 Å². The number of anilines is 2. The van der Waals surface area contributed by atoms with Crippen molar-refractivity contribution >= 4 is 11.5 Å². The number of hydrogen-bond acceptors (Lipinski definition) is 5. The summed E-state index contributed by atoms with van der Waals surface area (Å²) in [7, 11) is 1.68. The van der Waals surface area contributed by atoms with Gasteiger partial charge in [0.25, 0.3) is 0 Å². The molecular weight excluding hydrogens is 242 g/mol. The summed E-state index contributed by atoms with van der Waals surface area (Å²) < 4.78 is 6.85. The molecule has 19 heavy (non-hydrogen) atoms. The zero-order valence-corrected chi connectivity index (χ0v) is 11.3. The highest BCUT2D eigenvalue weighted by atomic mass is 16.5. The van der Waals surface area contributed by atoms with Crippen molar-refractivity contribution in [3.8, 4) is 0 Å².